The topological polar surface area (TPSA) is 88.0 Å². The molecule has 0 radical (unpaired) electrons. The largest absolute Gasteiger partial charge is 0.493 e. The maximum atomic E-state index is 5.99. The van der Waals surface area contributed by atoms with Gasteiger partial charge in [-0.05, 0) is 80.0 Å². The first-order valence-electron chi connectivity index (χ1n) is 13.3. The summed E-state index contributed by atoms with van der Waals surface area (Å²) in [5, 5.41) is 4.43. The number of hydrogen-bond acceptors (Lipinski definition) is 9. The minimum Gasteiger partial charge on any atom is -0.493 e. The van der Waals surface area contributed by atoms with Gasteiger partial charge in [0.15, 0.2) is 11.5 Å². The van der Waals surface area contributed by atoms with Gasteiger partial charge in [-0.15, -0.1) is 0 Å². The first-order chi connectivity index (χ1) is 18.7. The molecule has 0 unspecified atom stereocenters. The number of benzene rings is 2. The van der Waals surface area contributed by atoms with Gasteiger partial charge in [0.2, 0.25) is 17.8 Å². The highest BCUT2D eigenvalue weighted by atomic mass is 79.9. The average Bonchev–Trinajstić information content (AvgIpc) is 2.98. The molecular formula is C28H34BrN7O2. The van der Waals surface area contributed by atoms with E-state index in [1.165, 1.54) is 12.8 Å². The first kappa shape index (κ1) is 26.2. The van der Waals surface area contributed by atoms with Gasteiger partial charge >= 0.3 is 0 Å². The van der Waals surface area contributed by atoms with Gasteiger partial charge in [-0.1, -0.05) is 28.1 Å². The molecule has 0 bridgehead atoms. The molecule has 2 aliphatic heterocycles. The van der Waals surface area contributed by atoms with Crippen molar-refractivity contribution in [3.8, 4) is 11.5 Å². The predicted octanol–water partition coefficient (Wildman–Crippen LogP) is 5.65. The van der Waals surface area contributed by atoms with Gasteiger partial charge in [-0.25, -0.2) is 5.43 Å². The minimum absolute atomic E-state index is 0.455. The van der Waals surface area contributed by atoms with Gasteiger partial charge in [0.05, 0.1) is 13.3 Å². The van der Waals surface area contributed by atoms with Crippen LogP contribution in [-0.4, -0.2) is 54.5 Å². The molecule has 10 heteroatoms. The number of piperidine rings is 2. The lowest BCUT2D eigenvalue weighted by Gasteiger charge is -2.30. The SMILES string of the molecule is COc1cc(/C=N\Nc2nc(N3CCCCC3)nc(N3CCCCC3)n2)ccc1OCc1ccc(Br)cc1. The number of nitrogens with one attached hydrogen (secondary N) is 1. The molecule has 3 aromatic rings. The molecule has 0 saturated carbocycles. The zero-order valence-electron chi connectivity index (χ0n) is 21.8. The fourth-order valence-electron chi connectivity index (χ4n) is 4.66. The summed E-state index contributed by atoms with van der Waals surface area (Å²) < 4.78 is 12.6. The normalized spacial score (nSPS) is 16.1. The number of halogens is 1. The second kappa shape index (κ2) is 12.9. The summed E-state index contributed by atoms with van der Waals surface area (Å²) in [6, 6.07) is 13.8. The van der Waals surface area contributed by atoms with E-state index in [2.05, 4.69) is 36.3 Å². The van der Waals surface area contributed by atoms with Crippen molar-refractivity contribution in [3.05, 3.63) is 58.1 Å². The van der Waals surface area contributed by atoms with E-state index >= 15 is 0 Å². The van der Waals surface area contributed by atoms with E-state index in [4.69, 9.17) is 24.4 Å². The number of aromatic nitrogens is 3. The molecule has 0 amide bonds. The zero-order chi connectivity index (χ0) is 26.2. The van der Waals surface area contributed by atoms with E-state index in [9.17, 15) is 0 Å². The lowest BCUT2D eigenvalue weighted by Crippen LogP contribution is -2.34. The van der Waals surface area contributed by atoms with Crippen molar-refractivity contribution in [1.29, 1.82) is 0 Å². The lowest BCUT2D eigenvalue weighted by atomic mass is 10.1. The number of methoxy groups -OCH3 is 1. The van der Waals surface area contributed by atoms with Crippen molar-refractivity contribution < 1.29 is 9.47 Å². The molecule has 3 heterocycles. The Morgan fingerprint density at radius 2 is 1.47 bits per heavy atom. The number of hydrazone groups is 1. The third-order valence-electron chi connectivity index (χ3n) is 6.76. The van der Waals surface area contributed by atoms with Crippen molar-refractivity contribution in [2.75, 3.05) is 48.5 Å². The highest BCUT2D eigenvalue weighted by Crippen LogP contribution is 2.29. The van der Waals surface area contributed by atoms with Gasteiger partial charge < -0.3 is 19.3 Å². The summed E-state index contributed by atoms with van der Waals surface area (Å²) in [7, 11) is 1.63. The molecule has 9 nitrogen and oxygen atoms in total. The van der Waals surface area contributed by atoms with E-state index in [-0.39, 0.29) is 0 Å². The van der Waals surface area contributed by atoms with Crippen LogP contribution in [0.4, 0.5) is 17.8 Å². The Labute approximate surface area is 232 Å². The van der Waals surface area contributed by atoms with Gasteiger partial charge in [-0.2, -0.15) is 20.1 Å². The molecule has 0 aliphatic carbocycles. The van der Waals surface area contributed by atoms with Crippen molar-refractivity contribution in [2.45, 2.75) is 45.1 Å². The summed E-state index contributed by atoms with van der Waals surface area (Å²) in [6.45, 7) is 4.35. The van der Waals surface area contributed by atoms with Crippen LogP contribution in [0.5, 0.6) is 11.5 Å². The summed E-state index contributed by atoms with van der Waals surface area (Å²) in [5.41, 5.74) is 4.98. The Kier molecular flexibility index (Phi) is 8.90. The molecule has 2 fully saturated rings. The number of anilines is 3. The summed E-state index contributed by atoms with van der Waals surface area (Å²) in [6.07, 6.45) is 8.90. The fraction of sp³-hybridized carbons (Fsp3) is 0.429. The number of rotatable bonds is 9. The van der Waals surface area contributed by atoms with E-state index < -0.39 is 0 Å². The van der Waals surface area contributed by atoms with Crippen molar-refractivity contribution in [2.24, 2.45) is 5.10 Å². The second-order valence-electron chi connectivity index (χ2n) is 9.55. The predicted molar refractivity (Wildman–Crippen MR) is 155 cm³/mol. The van der Waals surface area contributed by atoms with Gasteiger partial charge in [0, 0.05) is 30.7 Å². The van der Waals surface area contributed by atoms with E-state index in [1.807, 2.05) is 42.5 Å². The monoisotopic (exact) mass is 579 g/mol. The van der Waals surface area contributed by atoms with Gasteiger partial charge in [0.25, 0.3) is 0 Å². The maximum Gasteiger partial charge on any atom is 0.250 e. The van der Waals surface area contributed by atoms with Crippen LogP contribution in [0.2, 0.25) is 0 Å². The molecular weight excluding hydrogens is 546 g/mol. The number of nitrogens with zero attached hydrogens (tertiary/aromatic N) is 6. The number of ether oxygens (including phenoxy) is 2. The minimum atomic E-state index is 0.455. The summed E-state index contributed by atoms with van der Waals surface area (Å²) >= 11 is 3.46. The molecule has 200 valence electrons. The molecule has 1 aromatic heterocycles. The third-order valence-corrected chi connectivity index (χ3v) is 7.29. The van der Waals surface area contributed by atoms with Crippen LogP contribution in [-0.2, 0) is 6.61 Å². The van der Waals surface area contributed by atoms with E-state index in [0.29, 0.717) is 24.1 Å². The van der Waals surface area contributed by atoms with Crippen LogP contribution in [0.1, 0.15) is 49.7 Å². The van der Waals surface area contributed by atoms with Gasteiger partial charge in [0.1, 0.15) is 6.61 Å². The Morgan fingerprint density at radius 3 is 2.08 bits per heavy atom. The Balaban J connectivity index is 1.28. The third kappa shape index (κ3) is 6.92. The standard InChI is InChI=1S/C28H34BrN7O2/c1-37-25-18-22(10-13-24(25)38-20-21-8-11-23(29)12-9-21)19-30-34-26-31-27(35-14-4-2-5-15-35)33-28(32-26)36-16-6-3-7-17-36/h8-13,18-19H,2-7,14-17,20H2,1H3,(H,31,32,33,34)/b30-19-. The van der Waals surface area contributed by atoms with Crippen LogP contribution in [0, 0.1) is 0 Å². The summed E-state index contributed by atoms with van der Waals surface area (Å²) in [4.78, 5) is 18.7. The Hall–Kier alpha value is -3.40. The Bertz CT molecular complexity index is 1190. The maximum absolute atomic E-state index is 5.99. The van der Waals surface area contributed by atoms with Crippen LogP contribution in [0.25, 0.3) is 0 Å². The summed E-state index contributed by atoms with van der Waals surface area (Å²) in [5.74, 6) is 3.24. The quantitative estimate of drug-likeness (QED) is 0.257. The van der Waals surface area contributed by atoms with Crippen molar-refractivity contribution in [1.82, 2.24) is 15.0 Å². The smallest absolute Gasteiger partial charge is 0.250 e. The molecule has 5 rings (SSSR count). The zero-order valence-corrected chi connectivity index (χ0v) is 23.4. The molecule has 2 saturated heterocycles. The van der Waals surface area contributed by atoms with Crippen LogP contribution in [0.15, 0.2) is 52.0 Å². The lowest BCUT2D eigenvalue weighted by molar-refractivity contribution is 0.284. The first-order valence-corrected chi connectivity index (χ1v) is 14.1. The molecule has 0 atom stereocenters. The van der Waals surface area contributed by atoms with E-state index in [1.54, 1.807) is 13.3 Å². The molecule has 2 aliphatic rings. The highest BCUT2D eigenvalue weighted by Gasteiger charge is 2.20. The van der Waals surface area contributed by atoms with Crippen LogP contribution in [0.3, 0.4) is 0 Å². The van der Waals surface area contributed by atoms with Crippen molar-refractivity contribution in [3.63, 3.8) is 0 Å². The highest BCUT2D eigenvalue weighted by molar-refractivity contribution is 9.10. The average molecular weight is 581 g/mol. The molecule has 1 N–H and O–H groups in total. The molecule has 2 aromatic carbocycles. The molecule has 0 spiro atoms. The van der Waals surface area contributed by atoms with E-state index in [0.717, 1.165) is 79.4 Å². The van der Waals surface area contributed by atoms with Crippen LogP contribution >= 0.6 is 15.9 Å². The van der Waals surface area contributed by atoms with Crippen molar-refractivity contribution >= 4 is 40.0 Å². The Morgan fingerprint density at radius 1 is 0.842 bits per heavy atom. The van der Waals surface area contributed by atoms with Gasteiger partial charge in [-0.3, -0.25) is 0 Å². The van der Waals surface area contributed by atoms with Crippen LogP contribution < -0.4 is 24.7 Å². The fourth-order valence-corrected chi connectivity index (χ4v) is 4.93. The second-order valence-corrected chi connectivity index (χ2v) is 10.5. The molecule has 38 heavy (non-hydrogen) atoms. The number of hydrogen-bond donors (Lipinski definition) is 1.